The fourth-order valence-corrected chi connectivity index (χ4v) is 4.51. The van der Waals surface area contributed by atoms with Gasteiger partial charge in [0.15, 0.2) is 12.2 Å². The Morgan fingerprint density at radius 2 is 1.16 bits per heavy atom. The second kappa shape index (κ2) is 15.8. The highest BCUT2D eigenvalue weighted by Crippen LogP contribution is 2.19. The van der Waals surface area contributed by atoms with Crippen molar-refractivity contribution in [2.45, 2.75) is 38.9 Å². The Labute approximate surface area is 235 Å². The number of carbonyl (C=O) groups is 2. The van der Waals surface area contributed by atoms with Crippen LogP contribution in [0.5, 0.6) is 11.5 Å². The molecule has 2 aromatic rings. The second-order valence-corrected chi connectivity index (χ2v) is 10.3. The molecule has 1 heterocycles. The molecule has 0 aromatic heterocycles. The molecule has 8 nitrogen and oxygen atoms in total. The minimum absolute atomic E-state index is 0.132. The van der Waals surface area contributed by atoms with Crippen LogP contribution in [-0.2, 0) is 9.59 Å². The predicted octanol–water partition coefficient (Wildman–Crippen LogP) is 3.86. The number of carbonyl (C=O) groups excluding carboxylic acids is 2. The molecule has 1 aliphatic heterocycles. The van der Waals surface area contributed by atoms with Crippen molar-refractivity contribution < 1.29 is 19.1 Å². The first kappa shape index (κ1) is 30.0. The number of halogens is 2. The van der Waals surface area contributed by atoms with Crippen LogP contribution in [0.25, 0.3) is 0 Å². The van der Waals surface area contributed by atoms with Gasteiger partial charge in [-0.05, 0) is 76.2 Å². The van der Waals surface area contributed by atoms with Crippen LogP contribution in [0, 0.1) is 0 Å². The van der Waals surface area contributed by atoms with Crippen LogP contribution in [0.2, 0.25) is 10.0 Å². The molecule has 0 saturated carbocycles. The van der Waals surface area contributed by atoms with E-state index >= 15 is 0 Å². The topological polar surface area (TPSA) is 83.1 Å². The van der Waals surface area contributed by atoms with Crippen LogP contribution in [0.1, 0.15) is 26.7 Å². The van der Waals surface area contributed by atoms with E-state index < -0.39 is 12.2 Å². The summed E-state index contributed by atoms with van der Waals surface area (Å²) >= 11 is 11.9. The van der Waals surface area contributed by atoms with Gasteiger partial charge in [0.2, 0.25) is 0 Å². The Morgan fingerprint density at radius 1 is 0.763 bits per heavy atom. The van der Waals surface area contributed by atoms with Gasteiger partial charge in [-0.15, -0.1) is 0 Å². The molecule has 1 saturated heterocycles. The molecule has 0 aliphatic carbocycles. The number of nitrogens with zero attached hydrogens (tertiary/aromatic N) is 2. The molecule has 2 atom stereocenters. The number of rotatable bonds is 14. The summed E-state index contributed by atoms with van der Waals surface area (Å²) in [4.78, 5) is 29.4. The maximum atomic E-state index is 12.3. The van der Waals surface area contributed by atoms with E-state index in [-0.39, 0.29) is 11.8 Å². The van der Waals surface area contributed by atoms with Crippen LogP contribution < -0.4 is 20.1 Å². The summed E-state index contributed by atoms with van der Waals surface area (Å²) in [5.41, 5.74) is 0. The quantitative estimate of drug-likeness (QED) is 0.339. The molecule has 2 aromatic carbocycles. The standard InChI is InChI=1S/C28H38Cl2N4O4/c1-21(37-25-9-3-7-23(29)19-25)27(35)31-11-5-13-33-15-17-34(18-16-33)14-6-12-32-28(36)22(2)38-26-10-4-8-24(30)20-26/h3-4,7-10,19-22H,5-6,11-18H2,1-2H3,(H,31,35)(H,32,36). The molecule has 2 amide bonds. The lowest BCUT2D eigenvalue weighted by atomic mass is 10.2. The molecule has 1 fully saturated rings. The fraction of sp³-hybridized carbons (Fsp3) is 0.500. The van der Waals surface area contributed by atoms with Crippen molar-refractivity contribution in [3.05, 3.63) is 58.6 Å². The third-order valence-corrected chi connectivity index (χ3v) is 6.79. The van der Waals surface area contributed by atoms with Crippen molar-refractivity contribution in [3.63, 3.8) is 0 Å². The van der Waals surface area contributed by atoms with Gasteiger partial charge in [0.05, 0.1) is 0 Å². The minimum Gasteiger partial charge on any atom is -0.481 e. The Kier molecular flexibility index (Phi) is 12.5. The first-order valence-corrected chi connectivity index (χ1v) is 13.9. The van der Waals surface area contributed by atoms with Gasteiger partial charge in [0, 0.05) is 49.3 Å². The third-order valence-electron chi connectivity index (χ3n) is 6.32. The highest BCUT2D eigenvalue weighted by atomic mass is 35.5. The highest BCUT2D eigenvalue weighted by molar-refractivity contribution is 6.31. The molecule has 1 aliphatic rings. The molecule has 10 heteroatoms. The fourth-order valence-electron chi connectivity index (χ4n) is 4.15. The van der Waals surface area contributed by atoms with E-state index in [0.717, 1.165) is 52.1 Å². The van der Waals surface area contributed by atoms with E-state index in [2.05, 4.69) is 20.4 Å². The Bertz CT molecular complexity index is 952. The van der Waals surface area contributed by atoms with Gasteiger partial charge in [-0.3, -0.25) is 9.59 Å². The SMILES string of the molecule is CC(Oc1cccc(Cl)c1)C(=O)NCCCN1CCN(CCCNC(=O)C(C)Oc2cccc(Cl)c2)CC1. The van der Waals surface area contributed by atoms with E-state index in [1.165, 1.54) is 0 Å². The molecule has 0 spiro atoms. The van der Waals surface area contributed by atoms with Gasteiger partial charge < -0.3 is 29.9 Å². The van der Waals surface area contributed by atoms with Crippen LogP contribution in [-0.4, -0.2) is 86.2 Å². The van der Waals surface area contributed by atoms with Gasteiger partial charge in [-0.2, -0.15) is 0 Å². The van der Waals surface area contributed by atoms with Crippen molar-refractivity contribution in [2.75, 3.05) is 52.4 Å². The van der Waals surface area contributed by atoms with Gasteiger partial charge in [0.25, 0.3) is 11.8 Å². The Balaban J connectivity index is 1.20. The van der Waals surface area contributed by atoms with Gasteiger partial charge in [-0.1, -0.05) is 35.3 Å². The summed E-state index contributed by atoms with van der Waals surface area (Å²) in [5.74, 6) is 0.898. The van der Waals surface area contributed by atoms with Crippen molar-refractivity contribution in [1.29, 1.82) is 0 Å². The molecular weight excluding hydrogens is 527 g/mol. The van der Waals surface area contributed by atoms with Gasteiger partial charge >= 0.3 is 0 Å². The van der Waals surface area contributed by atoms with Crippen LogP contribution in [0.3, 0.4) is 0 Å². The van der Waals surface area contributed by atoms with Crippen LogP contribution in [0.15, 0.2) is 48.5 Å². The first-order chi connectivity index (χ1) is 18.3. The lowest BCUT2D eigenvalue weighted by molar-refractivity contribution is -0.127. The van der Waals surface area contributed by atoms with Gasteiger partial charge in [0.1, 0.15) is 11.5 Å². The second-order valence-electron chi connectivity index (χ2n) is 9.41. The summed E-state index contributed by atoms with van der Waals surface area (Å²) in [6, 6.07) is 14.1. The molecule has 208 valence electrons. The molecule has 2 unspecified atom stereocenters. The minimum atomic E-state index is -0.583. The first-order valence-electron chi connectivity index (χ1n) is 13.1. The number of nitrogens with one attached hydrogen (secondary N) is 2. The normalized spacial score (nSPS) is 15.9. The zero-order valence-corrected chi connectivity index (χ0v) is 23.6. The maximum Gasteiger partial charge on any atom is 0.260 e. The van der Waals surface area contributed by atoms with E-state index in [0.29, 0.717) is 34.6 Å². The van der Waals surface area contributed by atoms with E-state index in [1.54, 1.807) is 62.4 Å². The molecular formula is C28H38Cl2N4O4. The maximum absolute atomic E-state index is 12.3. The van der Waals surface area contributed by atoms with Crippen molar-refractivity contribution in [3.8, 4) is 11.5 Å². The molecule has 0 bridgehead atoms. The lowest BCUT2D eigenvalue weighted by Crippen LogP contribution is -2.47. The monoisotopic (exact) mass is 564 g/mol. The summed E-state index contributed by atoms with van der Waals surface area (Å²) in [6.45, 7) is 10.6. The number of amides is 2. The summed E-state index contributed by atoms with van der Waals surface area (Å²) < 4.78 is 11.3. The molecule has 3 rings (SSSR count). The third kappa shape index (κ3) is 10.7. The zero-order valence-electron chi connectivity index (χ0n) is 22.1. The molecule has 38 heavy (non-hydrogen) atoms. The number of benzene rings is 2. The predicted molar refractivity (Wildman–Crippen MR) is 151 cm³/mol. The Morgan fingerprint density at radius 3 is 1.53 bits per heavy atom. The zero-order chi connectivity index (χ0) is 27.3. The largest absolute Gasteiger partial charge is 0.481 e. The van der Waals surface area contributed by atoms with E-state index in [1.807, 2.05) is 0 Å². The number of hydrogen-bond acceptors (Lipinski definition) is 6. The average Bonchev–Trinajstić information content (AvgIpc) is 2.89. The molecule has 0 radical (unpaired) electrons. The molecule has 2 N–H and O–H groups in total. The number of ether oxygens (including phenoxy) is 2. The smallest absolute Gasteiger partial charge is 0.260 e. The van der Waals surface area contributed by atoms with E-state index in [9.17, 15) is 9.59 Å². The summed E-state index contributed by atoms with van der Waals surface area (Å²) in [7, 11) is 0. The van der Waals surface area contributed by atoms with Gasteiger partial charge in [-0.25, -0.2) is 0 Å². The Hall–Kier alpha value is -2.52. The highest BCUT2D eigenvalue weighted by Gasteiger charge is 2.18. The van der Waals surface area contributed by atoms with Crippen molar-refractivity contribution >= 4 is 35.0 Å². The lowest BCUT2D eigenvalue weighted by Gasteiger charge is -2.34. The van der Waals surface area contributed by atoms with Crippen LogP contribution in [0.4, 0.5) is 0 Å². The van der Waals surface area contributed by atoms with E-state index in [4.69, 9.17) is 32.7 Å². The average molecular weight is 566 g/mol. The van der Waals surface area contributed by atoms with Crippen molar-refractivity contribution in [1.82, 2.24) is 20.4 Å². The number of hydrogen-bond donors (Lipinski definition) is 2. The summed E-state index contributed by atoms with van der Waals surface area (Å²) in [5, 5.41) is 7.05. The summed E-state index contributed by atoms with van der Waals surface area (Å²) in [6.07, 6.45) is 0.606. The number of piperazine rings is 1. The van der Waals surface area contributed by atoms with Crippen LogP contribution >= 0.6 is 23.2 Å². The van der Waals surface area contributed by atoms with Crippen molar-refractivity contribution in [2.24, 2.45) is 0 Å².